The predicted molar refractivity (Wildman–Crippen MR) is 155 cm³/mol. The highest BCUT2D eigenvalue weighted by Gasteiger charge is 2.25. The molecule has 1 fully saturated rings. The zero-order valence-corrected chi connectivity index (χ0v) is 23.4. The van der Waals surface area contributed by atoms with E-state index in [2.05, 4.69) is 65.4 Å². The normalized spacial score (nSPS) is 16.7. The number of methoxy groups -OCH3 is 1. The van der Waals surface area contributed by atoms with Crippen LogP contribution in [0.5, 0.6) is 5.75 Å². The highest BCUT2D eigenvalue weighted by Crippen LogP contribution is 2.27. The van der Waals surface area contributed by atoms with Crippen molar-refractivity contribution in [2.45, 2.75) is 12.5 Å². The summed E-state index contributed by atoms with van der Waals surface area (Å²) < 4.78 is 5.45. The van der Waals surface area contributed by atoms with Crippen molar-refractivity contribution in [3.63, 3.8) is 0 Å². The van der Waals surface area contributed by atoms with Gasteiger partial charge in [0.1, 0.15) is 5.75 Å². The molecule has 0 radical (unpaired) electrons. The number of nitrogens with zero attached hydrogens (tertiary/aromatic N) is 3. The minimum absolute atomic E-state index is 0.314. The Morgan fingerprint density at radius 1 is 0.833 bits per heavy atom. The minimum Gasteiger partial charge on any atom is -0.497 e. The highest BCUT2D eigenvalue weighted by molar-refractivity contribution is 6.14. The molecule has 0 aromatic heterocycles. The molecule has 2 aromatic carbocycles. The Bertz CT molecular complexity index is 1250. The number of aliphatic carboxylic acids is 4. The SMILES string of the molecule is COc1ccc2c(c1)C(c1ccccc1)=NC(CN1CCN(C)CC1)C2.O=C(O)/C=C/C(=O)O.O=C(O)/C=C/C(=O)O. The summed E-state index contributed by atoms with van der Waals surface area (Å²) in [6.07, 6.45) is 3.23. The van der Waals surface area contributed by atoms with Gasteiger partial charge in [0.15, 0.2) is 0 Å². The van der Waals surface area contributed by atoms with Crippen LogP contribution in [-0.2, 0) is 25.6 Å². The Labute approximate surface area is 243 Å². The number of likely N-dealkylation sites (N-methyl/N-ethyl adjacent to an activating group) is 1. The Morgan fingerprint density at radius 2 is 1.36 bits per heavy atom. The molecule has 4 rings (SSSR count). The van der Waals surface area contributed by atoms with E-state index in [4.69, 9.17) is 30.2 Å². The summed E-state index contributed by atoms with van der Waals surface area (Å²) in [5, 5.41) is 31.2. The Hall–Kier alpha value is -4.81. The van der Waals surface area contributed by atoms with E-state index in [1.165, 1.54) is 16.7 Å². The number of carbonyl (C=O) groups is 4. The smallest absolute Gasteiger partial charge is 0.328 e. The molecule has 2 aliphatic heterocycles. The summed E-state index contributed by atoms with van der Waals surface area (Å²) in [6, 6.07) is 17.3. The van der Waals surface area contributed by atoms with Crippen molar-refractivity contribution in [2.75, 3.05) is 46.9 Å². The van der Waals surface area contributed by atoms with Crippen molar-refractivity contribution in [1.29, 1.82) is 0 Å². The van der Waals surface area contributed by atoms with Crippen molar-refractivity contribution in [1.82, 2.24) is 9.80 Å². The molecule has 42 heavy (non-hydrogen) atoms. The largest absolute Gasteiger partial charge is 0.497 e. The maximum atomic E-state index is 9.55. The van der Waals surface area contributed by atoms with Gasteiger partial charge in [0, 0.05) is 68.2 Å². The molecule has 12 nitrogen and oxygen atoms in total. The van der Waals surface area contributed by atoms with E-state index in [9.17, 15) is 19.2 Å². The second-order valence-electron chi connectivity index (χ2n) is 9.35. The van der Waals surface area contributed by atoms with Crippen LogP contribution >= 0.6 is 0 Å². The predicted octanol–water partition coefficient (Wildman–Crippen LogP) is 2.13. The number of carboxylic acid groups (broad SMARTS) is 4. The third-order valence-corrected chi connectivity index (χ3v) is 6.19. The number of aliphatic imine (C=N–C) groups is 1. The van der Waals surface area contributed by atoms with E-state index in [-0.39, 0.29) is 0 Å². The molecule has 4 N–H and O–H groups in total. The first-order chi connectivity index (χ1) is 20.0. The number of fused-ring (bicyclic) bond motifs is 1. The molecule has 1 atom stereocenters. The minimum atomic E-state index is -1.26. The third kappa shape index (κ3) is 12.1. The molecule has 1 saturated heterocycles. The lowest BCUT2D eigenvalue weighted by molar-refractivity contribution is -0.134. The van der Waals surface area contributed by atoms with Crippen LogP contribution in [0, 0.1) is 0 Å². The molecule has 0 amide bonds. The first-order valence-corrected chi connectivity index (χ1v) is 13.0. The number of ether oxygens (including phenoxy) is 1. The summed E-state index contributed by atoms with van der Waals surface area (Å²) in [7, 11) is 3.92. The number of carboxylic acids is 4. The molecule has 0 aliphatic carbocycles. The van der Waals surface area contributed by atoms with E-state index >= 15 is 0 Å². The topological polar surface area (TPSA) is 177 Å². The zero-order valence-electron chi connectivity index (χ0n) is 23.4. The highest BCUT2D eigenvalue weighted by atomic mass is 16.5. The Balaban J connectivity index is 0.000000319. The Kier molecular flexibility index (Phi) is 13.6. The monoisotopic (exact) mass is 581 g/mol. The summed E-state index contributed by atoms with van der Waals surface area (Å²) in [4.78, 5) is 48.4. The third-order valence-electron chi connectivity index (χ3n) is 6.19. The van der Waals surface area contributed by atoms with Gasteiger partial charge in [-0.25, -0.2) is 19.2 Å². The Morgan fingerprint density at radius 3 is 1.83 bits per heavy atom. The van der Waals surface area contributed by atoms with Crippen LogP contribution in [0.4, 0.5) is 0 Å². The van der Waals surface area contributed by atoms with Crippen molar-refractivity contribution in [3.05, 3.63) is 89.5 Å². The number of benzene rings is 2. The average Bonchev–Trinajstić information content (AvgIpc) is 2.96. The zero-order chi connectivity index (χ0) is 31.1. The van der Waals surface area contributed by atoms with Gasteiger partial charge in [0.25, 0.3) is 0 Å². The molecule has 0 spiro atoms. The fourth-order valence-electron chi connectivity index (χ4n) is 4.18. The number of hydrogen-bond donors (Lipinski definition) is 4. The van der Waals surface area contributed by atoms with E-state index < -0.39 is 23.9 Å². The molecule has 224 valence electrons. The van der Waals surface area contributed by atoms with Crippen LogP contribution < -0.4 is 4.74 Å². The van der Waals surface area contributed by atoms with Crippen LogP contribution in [0.3, 0.4) is 0 Å². The van der Waals surface area contributed by atoms with Gasteiger partial charge in [-0.2, -0.15) is 0 Å². The lowest BCUT2D eigenvalue weighted by atomic mass is 9.90. The molecular weight excluding hydrogens is 546 g/mol. The van der Waals surface area contributed by atoms with Gasteiger partial charge in [0.05, 0.1) is 18.9 Å². The maximum Gasteiger partial charge on any atom is 0.328 e. The van der Waals surface area contributed by atoms with Gasteiger partial charge < -0.3 is 30.1 Å². The average molecular weight is 582 g/mol. The molecule has 2 aromatic rings. The summed E-state index contributed by atoms with van der Waals surface area (Å²) in [5.74, 6) is -4.13. The van der Waals surface area contributed by atoms with Crippen LogP contribution in [0.25, 0.3) is 0 Å². The van der Waals surface area contributed by atoms with Crippen LogP contribution in [0.15, 0.2) is 77.8 Å². The number of rotatable bonds is 8. The molecule has 2 heterocycles. The van der Waals surface area contributed by atoms with Gasteiger partial charge in [-0.3, -0.25) is 9.89 Å². The summed E-state index contributed by atoms with van der Waals surface area (Å²) >= 11 is 0. The van der Waals surface area contributed by atoms with Crippen LogP contribution in [0.1, 0.15) is 16.7 Å². The van der Waals surface area contributed by atoms with Gasteiger partial charge in [-0.15, -0.1) is 0 Å². The van der Waals surface area contributed by atoms with Gasteiger partial charge in [-0.05, 0) is 31.2 Å². The first kappa shape index (κ1) is 33.4. The standard InChI is InChI=1S/C22H27N3O.2C4H4O4/c1-24-10-12-25(13-11-24)16-19-14-18-8-9-20(26-2)15-21(18)22(23-19)17-6-4-3-5-7-17;2*5-3(6)1-2-4(7)8/h3-9,15,19H,10-14,16H2,1-2H3;2*1-2H,(H,5,6)(H,7,8)/b;2*2-1+. The van der Waals surface area contributed by atoms with E-state index in [0.29, 0.717) is 30.3 Å². The van der Waals surface area contributed by atoms with E-state index in [0.717, 1.165) is 50.6 Å². The molecule has 12 heteroatoms. The van der Waals surface area contributed by atoms with Crippen molar-refractivity contribution in [3.8, 4) is 5.75 Å². The first-order valence-electron chi connectivity index (χ1n) is 13.0. The van der Waals surface area contributed by atoms with Gasteiger partial charge in [0.2, 0.25) is 0 Å². The van der Waals surface area contributed by atoms with E-state index in [1.807, 2.05) is 0 Å². The summed E-state index contributed by atoms with van der Waals surface area (Å²) in [6.45, 7) is 5.61. The molecular formula is C30H35N3O9. The quantitative estimate of drug-likeness (QED) is 0.336. The fraction of sp³-hybridized carbons (Fsp3) is 0.300. The molecule has 2 aliphatic rings. The second kappa shape index (κ2) is 17.1. The maximum absolute atomic E-state index is 9.55. The number of piperazine rings is 1. The van der Waals surface area contributed by atoms with Gasteiger partial charge in [-0.1, -0.05) is 36.4 Å². The van der Waals surface area contributed by atoms with Crippen molar-refractivity contribution in [2.24, 2.45) is 4.99 Å². The lowest BCUT2D eigenvalue weighted by Gasteiger charge is -2.35. The van der Waals surface area contributed by atoms with Crippen LogP contribution in [0.2, 0.25) is 0 Å². The number of hydrogen-bond acceptors (Lipinski definition) is 8. The second-order valence-corrected chi connectivity index (χ2v) is 9.35. The van der Waals surface area contributed by atoms with Gasteiger partial charge >= 0.3 is 23.9 Å². The fourth-order valence-corrected chi connectivity index (χ4v) is 4.18. The molecule has 0 saturated carbocycles. The molecule has 1 unspecified atom stereocenters. The van der Waals surface area contributed by atoms with Crippen molar-refractivity contribution < 1.29 is 44.3 Å². The lowest BCUT2D eigenvalue weighted by Crippen LogP contribution is -2.47. The molecule has 0 bridgehead atoms. The van der Waals surface area contributed by atoms with Crippen molar-refractivity contribution >= 4 is 29.6 Å². The van der Waals surface area contributed by atoms with Crippen LogP contribution in [-0.4, -0.2) is 113 Å². The van der Waals surface area contributed by atoms with E-state index in [1.54, 1.807) is 7.11 Å². The summed E-state index contributed by atoms with van der Waals surface area (Å²) in [5.41, 5.74) is 4.87.